The first-order valence-electron chi connectivity index (χ1n) is 4.11. The summed E-state index contributed by atoms with van der Waals surface area (Å²) < 4.78 is 12.7. The summed E-state index contributed by atoms with van der Waals surface area (Å²) in [6, 6.07) is 0. The van der Waals surface area contributed by atoms with Gasteiger partial charge in [0.1, 0.15) is 6.17 Å². The zero-order valence-corrected chi connectivity index (χ0v) is 6.22. The largest absolute Gasteiger partial charge is 0.393 e. The van der Waals surface area contributed by atoms with Gasteiger partial charge in [-0.25, -0.2) is 4.39 Å². The van der Waals surface area contributed by atoms with Crippen LogP contribution in [0.4, 0.5) is 4.39 Å². The van der Waals surface area contributed by atoms with Crippen molar-refractivity contribution in [2.45, 2.75) is 50.8 Å². The van der Waals surface area contributed by atoms with Gasteiger partial charge in [-0.2, -0.15) is 0 Å². The molecule has 10 heavy (non-hydrogen) atoms. The molecule has 2 atom stereocenters. The van der Waals surface area contributed by atoms with E-state index in [-0.39, 0.29) is 6.10 Å². The third-order valence-corrected chi connectivity index (χ3v) is 2.08. The van der Waals surface area contributed by atoms with Crippen molar-refractivity contribution in [1.29, 1.82) is 0 Å². The average molecular weight is 146 g/mol. The molecule has 1 saturated carbocycles. The number of halogens is 1. The summed E-state index contributed by atoms with van der Waals surface area (Å²) in [6.07, 6.45) is 3.81. The molecule has 1 rings (SSSR count). The van der Waals surface area contributed by atoms with Gasteiger partial charge < -0.3 is 5.11 Å². The molecule has 1 fully saturated rings. The van der Waals surface area contributed by atoms with Crippen LogP contribution in [0.5, 0.6) is 0 Å². The van der Waals surface area contributed by atoms with Crippen LogP contribution in [0.15, 0.2) is 0 Å². The molecule has 2 heteroatoms. The lowest BCUT2D eigenvalue weighted by molar-refractivity contribution is 0.103. The highest BCUT2D eigenvalue weighted by Gasteiger charge is 2.15. The Kier molecular flexibility index (Phi) is 3.13. The molecule has 0 spiro atoms. The van der Waals surface area contributed by atoms with Crippen molar-refractivity contribution in [3.63, 3.8) is 0 Å². The minimum atomic E-state index is -0.754. The van der Waals surface area contributed by atoms with Gasteiger partial charge >= 0.3 is 0 Å². The Morgan fingerprint density at radius 2 is 1.80 bits per heavy atom. The van der Waals surface area contributed by atoms with Gasteiger partial charge in [-0.05, 0) is 12.8 Å². The Bertz CT molecular complexity index is 85.3. The van der Waals surface area contributed by atoms with Crippen molar-refractivity contribution in [3.8, 4) is 0 Å². The standard InChI is InChI=1S/C8H15FO/c9-7-4-2-1-3-5-8(10)6-7/h7-8,10H,1-6H2. The number of hydrogen-bond donors (Lipinski definition) is 1. The summed E-state index contributed by atoms with van der Waals surface area (Å²) in [4.78, 5) is 0. The van der Waals surface area contributed by atoms with E-state index in [0.29, 0.717) is 12.8 Å². The number of hydrogen-bond acceptors (Lipinski definition) is 1. The minimum Gasteiger partial charge on any atom is -0.393 e. The fourth-order valence-corrected chi connectivity index (χ4v) is 1.45. The zero-order chi connectivity index (χ0) is 7.40. The van der Waals surface area contributed by atoms with E-state index in [0.717, 1.165) is 25.7 Å². The molecule has 0 heterocycles. The summed E-state index contributed by atoms with van der Waals surface area (Å²) in [7, 11) is 0. The molecule has 1 aliphatic rings. The summed E-state index contributed by atoms with van der Waals surface area (Å²) in [5, 5.41) is 9.14. The van der Waals surface area contributed by atoms with Gasteiger partial charge in [-0.1, -0.05) is 19.3 Å². The molecular weight excluding hydrogens is 131 g/mol. The minimum absolute atomic E-state index is 0.361. The molecule has 0 aliphatic heterocycles. The van der Waals surface area contributed by atoms with Gasteiger partial charge in [-0.3, -0.25) is 0 Å². The van der Waals surface area contributed by atoms with Crippen molar-refractivity contribution in [2.75, 3.05) is 0 Å². The lowest BCUT2D eigenvalue weighted by Gasteiger charge is -2.16. The first-order valence-corrected chi connectivity index (χ1v) is 4.11. The normalized spacial score (nSPS) is 36.6. The van der Waals surface area contributed by atoms with Crippen LogP contribution in [0.2, 0.25) is 0 Å². The van der Waals surface area contributed by atoms with Crippen molar-refractivity contribution >= 4 is 0 Å². The van der Waals surface area contributed by atoms with Gasteiger partial charge in [0.15, 0.2) is 0 Å². The molecule has 0 aromatic rings. The highest BCUT2D eigenvalue weighted by molar-refractivity contribution is 4.67. The van der Waals surface area contributed by atoms with E-state index in [2.05, 4.69) is 0 Å². The van der Waals surface area contributed by atoms with Gasteiger partial charge in [0.05, 0.1) is 6.10 Å². The van der Waals surface area contributed by atoms with E-state index in [9.17, 15) is 4.39 Å². The van der Waals surface area contributed by atoms with E-state index in [1.54, 1.807) is 0 Å². The van der Waals surface area contributed by atoms with Crippen LogP contribution in [-0.4, -0.2) is 17.4 Å². The SMILES string of the molecule is OC1CCCCCC(F)C1. The Hall–Kier alpha value is -0.110. The monoisotopic (exact) mass is 146 g/mol. The summed E-state index contributed by atoms with van der Waals surface area (Å²) in [6.45, 7) is 0. The summed E-state index contributed by atoms with van der Waals surface area (Å²) >= 11 is 0. The van der Waals surface area contributed by atoms with Crippen LogP contribution in [0.1, 0.15) is 38.5 Å². The number of alkyl halides is 1. The number of aliphatic hydroxyl groups is 1. The molecule has 2 unspecified atom stereocenters. The Balaban J connectivity index is 2.25. The highest BCUT2D eigenvalue weighted by Crippen LogP contribution is 2.19. The fourth-order valence-electron chi connectivity index (χ4n) is 1.45. The Morgan fingerprint density at radius 3 is 2.60 bits per heavy atom. The predicted molar refractivity (Wildman–Crippen MR) is 38.6 cm³/mol. The number of aliphatic hydroxyl groups excluding tert-OH is 1. The van der Waals surface area contributed by atoms with Gasteiger partial charge in [-0.15, -0.1) is 0 Å². The Labute approximate surface area is 61.2 Å². The lowest BCUT2D eigenvalue weighted by atomic mass is 9.97. The molecule has 0 saturated heterocycles. The van der Waals surface area contributed by atoms with Crippen LogP contribution in [0, 0.1) is 0 Å². The van der Waals surface area contributed by atoms with E-state index < -0.39 is 6.17 Å². The van der Waals surface area contributed by atoms with E-state index in [1.807, 2.05) is 0 Å². The lowest BCUT2D eigenvalue weighted by Crippen LogP contribution is -2.16. The highest BCUT2D eigenvalue weighted by atomic mass is 19.1. The number of rotatable bonds is 0. The van der Waals surface area contributed by atoms with Gasteiger partial charge in [0, 0.05) is 6.42 Å². The van der Waals surface area contributed by atoms with Crippen LogP contribution < -0.4 is 0 Å². The average Bonchev–Trinajstić information content (AvgIpc) is 1.83. The Morgan fingerprint density at radius 1 is 1.10 bits per heavy atom. The molecule has 1 nitrogen and oxygen atoms in total. The third-order valence-electron chi connectivity index (χ3n) is 2.08. The van der Waals surface area contributed by atoms with Crippen LogP contribution in [0.3, 0.4) is 0 Å². The van der Waals surface area contributed by atoms with Crippen LogP contribution >= 0.6 is 0 Å². The van der Waals surface area contributed by atoms with Crippen LogP contribution in [-0.2, 0) is 0 Å². The molecule has 1 N–H and O–H groups in total. The molecule has 60 valence electrons. The molecule has 0 amide bonds. The first kappa shape index (κ1) is 7.99. The molecule has 0 aromatic heterocycles. The molecule has 0 radical (unpaired) electrons. The fraction of sp³-hybridized carbons (Fsp3) is 1.00. The van der Waals surface area contributed by atoms with Gasteiger partial charge in [0.2, 0.25) is 0 Å². The predicted octanol–water partition coefficient (Wildman–Crippen LogP) is 2.04. The zero-order valence-electron chi connectivity index (χ0n) is 6.22. The van der Waals surface area contributed by atoms with Gasteiger partial charge in [0.25, 0.3) is 0 Å². The quantitative estimate of drug-likeness (QED) is 0.554. The molecule has 0 bridgehead atoms. The second-order valence-electron chi connectivity index (χ2n) is 3.12. The third kappa shape index (κ3) is 2.65. The smallest absolute Gasteiger partial charge is 0.103 e. The van der Waals surface area contributed by atoms with Crippen molar-refractivity contribution in [3.05, 3.63) is 0 Å². The molecular formula is C8H15FO. The van der Waals surface area contributed by atoms with Crippen molar-refractivity contribution < 1.29 is 9.50 Å². The second-order valence-corrected chi connectivity index (χ2v) is 3.12. The maximum atomic E-state index is 12.7. The summed E-state index contributed by atoms with van der Waals surface area (Å²) in [5.74, 6) is 0. The van der Waals surface area contributed by atoms with E-state index in [4.69, 9.17) is 5.11 Å². The maximum Gasteiger partial charge on any atom is 0.103 e. The second kappa shape index (κ2) is 3.91. The molecule has 0 aromatic carbocycles. The molecule has 1 aliphatic carbocycles. The maximum absolute atomic E-state index is 12.7. The van der Waals surface area contributed by atoms with Crippen LogP contribution in [0.25, 0.3) is 0 Å². The first-order chi connectivity index (χ1) is 4.79. The van der Waals surface area contributed by atoms with E-state index >= 15 is 0 Å². The van der Waals surface area contributed by atoms with Crippen molar-refractivity contribution in [2.24, 2.45) is 0 Å². The van der Waals surface area contributed by atoms with Crippen molar-refractivity contribution in [1.82, 2.24) is 0 Å². The van der Waals surface area contributed by atoms with E-state index in [1.165, 1.54) is 0 Å². The summed E-state index contributed by atoms with van der Waals surface area (Å²) in [5.41, 5.74) is 0. The topological polar surface area (TPSA) is 20.2 Å².